The number of hydroxylamine groups is 2. The van der Waals surface area contributed by atoms with Crippen LogP contribution in [0.3, 0.4) is 0 Å². The number of benzene rings is 1. The van der Waals surface area contributed by atoms with Gasteiger partial charge in [0, 0.05) is 5.69 Å². The van der Waals surface area contributed by atoms with Crippen LogP contribution in [0.1, 0.15) is 27.6 Å². The van der Waals surface area contributed by atoms with Crippen molar-refractivity contribution in [1.29, 1.82) is 0 Å². The molecule has 0 aromatic heterocycles. The number of carbonyl (C=O) groups excluding carboxylic acids is 4. The molecule has 0 spiro atoms. The van der Waals surface area contributed by atoms with Crippen LogP contribution in [0.4, 0.5) is 5.69 Å². The normalized spacial score (nSPS) is 13.7. The molecule has 1 aliphatic rings. The summed E-state index contributed by atoms with van der Waals surface area (Å²) in [5.41, 5.74) is -0.221. The minimum absolute atomic E-state index is 0.0468. The molecule has 2 rings (SSSR count). The summed E-state index contributed by atoms with van der Waals surface area (Å²) >= 11 is 0. The largest absolute Gasteiger partial charge is 0.462 e. The van der Waals surface area contributed by atoms with Crippen LogP contribution in [0, 0.1) is 0 Å². The summed E-state index contributed by atoms with van der Waals surface area (Å²) < 4.78 is 31.6. The van der Waals surface area contributed by atoms with Crippen molar-refractivity contribution in [1.82, 2.24) is 5.06 Å². The first-order valence-corrected chi connectivity index (χ1v) is 8.12. The van der Waals surface area contributed by atoms with E-state index < -0.39 is 39.6 Å². The van der Waals surface area contributed by atoms with Gasteiger partial charge in [0.25, 0.3) is 21.9 Å². The number of nitrogens with zero attached hydrogens (tertiary/aromatic N) is 1. The molecule has 0 saturated heterocycles. The molecule has 0 radical (unpaired) electrons. The SMILES string of the molecule is CCS(=O)(=O)ON1C(=O)c2ccc(NC(=O)C(=O)OC)cc2C1=O. The van der Waals surface area contributed by atoms with Crippen LogP contribution in [0.15, 0.2) is 18.2 Å². The topological polar surface area (TPSA) is 136 Å². The van der Waals surface area contributed by atoms with Crippen molar-refractivity contribution in [2.75, 3.05) is 18.2 Å². The van der Waals surface area contributed by atoms with Crippen LogP contribution in [0.2, 0.25) is 0 Å². The van der Waals surface area contributed by atoms with E-state index in [1.54, 1.807) is 0 Å². The summed E-state index contributed by atoms with van der Waals surface area (Å²) in [6.45, 7) is 1.29. The molecule has 0 aliphatic carbocycles. The smallest absolute Gasteiger partial charge is 0.396 e. The Labute approximate surface area is 136 Å². The number of rotatable bonds is 4. The lowest BCUT2D eigenvalue weighted by Crippen LogP contribution is -2.33. The molecule has 0 bridgehead atoms. The van der Waals surface area contributed by atoms with E-state index in [2.05, 4.69) is 14.3 Å². The summed E-state index contributed by atoms with van der Waals surface area (Å²) in [6, 6.07) is 3.59. The zero-order chi connectivity index (χ0) is 18.1. The summed E-state index contributed by atoms with van der Waals surface area (Å²) in [7, 11) is -3.05. The lowest BCUT2D eigenvalue weighted by molar-refractivity contribution is -0.150. The van der Waals surface area contributed by atoms with Crippen molar-refractivity contribution >= 4 is 39.5 Å². The van der Waals surface area contributed by atoms with Gasteiger partial charge in [0.1, 0.15) is 0 Å². The predicted molar refractivity (Wildman–Crippen MR) is 78.1 cm³/mol. The Kier molecular flexibility index (Phi) is 4.66. The molecule has 0 saturated carbocycles. The van der Waals surface area contributed by atoms with Crippen molar-refractivity contribution in [2.45, 2.75) is 6.92 Å². The number of methoxy groups -OCH3 is 1. The molecular weight excluding hydrogens is 344 g/mol. The number of anilines is 1. The summed E-state index contributed by atoms with van der Waals surface area (Å²) in [4.78, 5) is 46.7. The molecule has 0 fully saturated rings. The number of nitrogens with one attached hydrogen (secondary N) is 1. The number of imide groups is 1. The van der Waals surface area contributed by atoms with Crippen molar-refractivity contribution in [2.24, 2.45) is 0 Å². The van der Waals surface area contributed by atoms with Crippen molar-refractivity contribution in [3.05, 3.63) is 29.3 Å². The number of hydrogen-bond acceptors (Lipinski definition) is 8. The molecule has 1 aromatic rings. The van der Waals surface area contributed by atoms with Crippen LogP contribution in [-0.2, 0) is 28.7 Å². The monoisotopic (exact) mass is 356 g/mol. The molecule has 11 heteroatoms. The summed E-state index contributed by atoms with van der Waals surface area (Å²) in [6.07, 6.45) is 0. The van der Waals surface area contributed by atoms with Gasteiger partial charge in [-0.1, -0.05) is 0 Å². The molecule has 0 atom stereocenters. The minimum Gasteiger partial charge on any atom is -0.462 e. The molecule has 0 unspecified atom stereocenters. The van der Waals surface area contributed by atoms with Gasteiger partial charge in [0.2, 0.25) is 0 Å². The highest BCUT2D eigenvalue weighted by Crippen LogP contribution is 2.27. The molecule has 24 heavy (non-hydrogen) atoms. The molecule has 1 aliphatic heterocycles. The lowest BCUT2D eigenvalue weighted by atomic mass is 10.1. The van der Waals surface area contributed by atoms with Gasteiger partial charge >= 0.3 is 11.9 Å². The fourth-order valence-electron chi connectivity index (χ4n) is 1.81. The van der Waals surface area contributed by atoms with Gasteiger partial charge in [-0.3, -0.25) is 14.4 Å². The van der Waals surface area contributed by atoms with Crippen LogP contribution in [-0.4, -0.2) is 50.0 Å². The van der Waals surface area contributed by atoms with Crippen LogP contribution in [0.5, 0.6) is 0 Å². The average molecular weight is 356 g/mol. The number of carbonyl (C=O) groups is 4. The highest BCUT2D eigenvalue weighted by Gasteiger charge is 2.39. The molecule has 1 heterocycles. The van der Waals surface area contributed by atoms with Gasteiger partial charge in [-0.25, -0.2) is 4.79 Å². The van der Waals surface area contributed by atoms with Crippen LogP contribution < -0.4 is 5.32 Å². The first kappa shape index (κ1) is 17.6. The van der Waals surface area contributed by atoms with Crippen molar-refractivity contribution < 1.29 is 36.6 Å². The number of ether oxygens (including phenoxy) is 1. The first-order valence-electron chi connectivity index (χ1n) is 6.54. The quantitative estimate of drug-likeness (QED) is 0.440. The molecular formula is C13H12N2O8S. The predicted octanol–water partition coefficient (Wildman–Crippen LogP) is -0.325. The fourth-order valence-corrected chi connectivity index (χ4v) is 2.27. The number of amides is 3. The third kappa shape index (κ3) is 3.26. The highest BCUT2D eigenvalue weighted by atomic mass is 32.2. The molecule has 1 N–H and O–H groups in total. The average Bonchev–Trinajstić information content (AvgIpc) is 2.78. The summed E-state index contributed by atoms with van der Waals surface area (Å²) in [5, 5.41) is 2.31. The maximum atomic E-state index is 12.1. The Morgan fingerprint density at radius 1 is 1.17 bits per heavy atom. The van der Waals surface area contributed by atoms with Gasteiger partial charge in [-0.05, 0) is 25.1 Å². The Hall–Kier alpha value is -2.79. The lowest BCUT2D eigenvalue weighted by Gasteiger charge is -2.11. The van der Waals surface area contributed by atoms with E-state index in [9.17, 15) is 27.6 Å². The highest BCUT2D eigenvalue weighted by molar-refractivity contribution is 7.86. The van der Waals surface area contributed by atoms with Crippen molar-refractivity contribution in [3.63, 3.8) is 0 Å². The number of esters is 1. The van der Waals surface area contributed by atoms with E-state index in [4.69, 9.17) is 0 Å². The molecule has 10 nitrogen and oxygen atoms in total. The second-order valence-electron chi connectivity index (χ2n) is 4.53. The van der Waals surface area contributed by atoms with E-state index in [1.807, 2.05) is 0 Å². The second kappa shape index (κ2) is 6.37. The van der Waals surface area contributed by atoms with E-state index >= 15 is 0 Å². The third-order valence-corrected chi connectivity index (χ3v) is 4.10. The van der Waals surface area contributed by atoms with Gasteiger partial charge < -0.3 is 10.1 Å². The molecule has 128 valence electrons. The fraction of sp³-hybridized carbons (Fsp3) is 0.231. The van der Waals surface area contributed by atoms with Gasteiger partial charge in [0.05, 0.1) is 24.0 Å². The van der Waals surface area contributed by atoms with Crippen LogP contribution in [0.25, 0.3) is 0 Å². The zero-order valence-corrected chi connectivity index (χ0v) is 13.4. The molecule has 1 aromatic carbocycles. The molecule has 3 amide bonds. The number of hydrogen-bond donors (Lipinski definition) is 1. The maximum Gasteiger partial charge on any atom is 0.396 e. The van der Waals surface area contributed by atoms with Gasteiger partial charge in [-0.15, -0.1) is 9.35 Å². The Bertz CT molecular complexity index is 846. The van der Waals surface area contributed by atoms with Crippen molar-refractivity contribution in [3.8, 4) is 0 Å². The Morgan fingerprint density at radius 2 is 1.79 bits per heavy atom. The zero-order valence-electron chi connectivity index (χ0n) is 12.6. The third-order valence-electron chi connectivity index (χ3n) is 3.02. The summed E-state index contributed by atoms with van der Waals surface area (Å²) in [5.74, 6) is -4.59. The second-order valence-corrected chi connectivity index (χ2v) is 6.37. The van der Waals surface area contributed by atoms with Gasteiger partial charge in [-0.2, -0.15) is 8.42 Å². The standard InChI is InChI=1S/C13H12N2O8S/c1-3-24(20,21)23-15-11(17)8-5-4-7(6-9(8)12(15)18)14-10(16)13(19)22-2/h4-6H,3H2,1-2H3,(H,14,16). The van der Waals surface area contributed by atoms with E-state index in [1.165, 1.54) is 19.1 Å². The maximum absolute atomic E-state index is 12.1. The number of fused-ring (bicyclic) bond motifs is 1. The van der Waals surface area contributed by atoms with E-state index in [-0.39, 0.29) is 21.9 Å². The van der Waals surface area contributed by atoms with Gasteiger partial charge in [0.15, 0.2) is 0 Å². The Balaban J connectivity index is 2.29. The minimum atomic E-state index is -4.08. The van der Waals surface area contributed by atoms with Crippen LogP contribution >= 0.6 is 0 Å². The Morgan fingerprint density at radius 3 is 2.38 bits per heavy atom. The van der Waals surface area contributed by atoms with E-state index in [0.717, 1.165) is 13.2 Å². The van der Waals surface area contributed by atoms with E-state index in [0.29, 0.717) is 0 Å². The first-order chi connectivity index (χ1) is 11.2.